The van der Waals surface area contributed by atoms with Gasteiger partial charge in [-0.15, -0.1) is 0 Å². The van der Waals surface area contributed by atoms with Crippen LogP contribution < -0.4 is 5.32 Å². The van der Waals surface area contributed by atoms with E-state index in [9.17, 15) is 4.79 Å². The molecule has 0 atom stereocenters. The second kappa shape index (κ2) is 7.63. The van der Waals surface area contributed by atoms with Gasteiger partial charge < -0.3 is 5.32 Å². The summed E-state index contributed by atoms with van der Waals surface area (Å²) in [5, 5.41) is 3.03. The Labute approximate surface area is 144 Å². The van der Waals surface area contributed by atoms with Gasteiger partial charge in [-0.1, -0.05) is 36.4 Å². The summed E-state index contributed by atoms with van der Waals surface area (Å²) < 4.78 is 0. The largest absolute Gasteiger partial charge is 0.348 e. The number of aryl methyl sites for hydroxylation is 1. The molecule has 3 rings (SSSR count). The van der Waals surface area contributed by atoms with Crippen molar-refractivity contribution in [3.05, 3.63) is 70.3 Å². The highest BCUT2D eigenvalue weighted by atomic mass is 16.1. The minimum Gasteiger partial charge on any atom is -0.348 e. The molecule has 1 amide bonds. The number of carbonyl (C=O) groups is 1. The molecule has 0 spiro atoms. The third-order valence-electron chi connectivity index (χ3n) is 4.93. The average Bonchev–Trinajstić information content (AvgIpc) is 3.09. The predicted molar refractivity (Wildman–Crippen MR) is 98.0 cm³/mol. The van der Waals surface area contributed by atoms with Gasteiger partial charge in [0.25, 0.3) is 5.91 Å². The van der Waals surface area contributed by atoms with Gasteiger partial charge in [-0.2, -0.15) is 0 Å². The molecule has 0 bridgehead atoms. The van der Waals surface area contributed by atoms with Crippen molar-refractivity contribution < 1.29 is 4.79 Å². The van der Waals surface area contributed by atoms with Crippen LogP contribution in [-0.2, 0) is 13.1 Å². The molecular formula is C21H26N2O. The molecule has 1 heterocycles. The maximum atomic E-state index is 12.4. The van der Waals surface area contributed by atoms with Crippen molar-refractivity contribution in [3.63, 3.8) is 0 Å². The van der Waals surface area contributed by atoms with E-state index < -0.39 is 0 Å². The molecule has 126 valence electrons. The van der Waals surface area contributed by atoms with Gasteiger partial charge in [0, 0.05) is 18.7 Å². The maximum absolute atomic E-state index is 12.4. The van der Waals surface area contributed by atoms with Crippen LogP contribution in [0.2, 0.25) is 0 Å². The van der Waals surface area contributed by atoms with Gasteiger partial charge in [0.15, 0.2) is 0 Å². The summed E-state index contributed by atoms with van der Waals surface area (Å²) in [5.41, 5.74) is 5.45. The first kappa shape index (κ1) is 16.7. The first-order chi connectivity index (χ1) is 11.6. The van der Waals surface area contributed by atoms with Crippen LogP contribution in [0, 0.1) is 13.8 Å². The van der Waals surface area contributed by atoms with Crippen molar-refractivity contribution in [2.75, 3.05) is 13.1 Å². The molecule has 1 aliphatic rings. The van der Waals surface area contributed by atoms with E-state index >= 15 is 0 Å². The number of nitrogens with one attached hydrogen (secondary N) is 1. The number of hydrogen-bond acceptors (Lipinski definition) is 2. The van der Waals surface area contributed by atoms with Crippen LogP contribution in [0.4, 0.5) is 0 Å². The second-order valence-electron chi connectivity index (χ2n) is 6.73. The molecule has 3 heteroatoms. The summed E-state index contributed by atoms with van der Waals surface area (Å²) in [6.07, 6.45) is 2.64. The first-order valence-corrected chi connectivity index (χ1v) is 8.78. The van der Waals surface area contributed by atoms with Gasteiger partial charge in [-0.05, 0) is 68.1 Å². The Kier molecular flexibility index (Phi) is 5.31. The molecule has 3 nitrogen and oxygen atoms in total. The molecule has 0 radical (unpaired) electrons. The Balaban J connectivity index is 1.56. The van der Waals surface area contributed by atoms with Gasteiger partial charge in [0.2, 0.25) is 0 Å². The van der Waals surface area contributed by atoms with E-state index in [2.05, 4.69) is 34.5 Å². The fourth-order valence-electron chi connectivity index (χ4n) is 3.24. The maximum Gasteiger partial charge on any atom is 0.251 e. The Bertz CT molecular complexity index is 700. The standard InChI is InChI=1S/C21H26N2O/c1-16-6-5-7-20(17(16)2)21(24)22-14-18-8-10-19(11-9-18)15-23-12-3-4-13-23/h5-11H,3-4,12-15H2,1-2H3,(H,22,24). The quantitative estimate of drug-likeness (QED) is 0.907. The molecule has 2 aromatic carbocycles. The average molecular weight is 322 g/mol. The van der Waals surface area contributed by atoms with E-state index in [-0.39, 0.29) is 5.91 Å². The van der Waals surface area contributed by atoms with E-state index in [1.165, 1.54) is 31.5 Å². The highest BCUT2D eigenvalue weighted by Crippen LogP contribution is 2.14. The summed E-state index contributed by atoms with van der Waals surface area (Å²) in [4.78, 5) is 14.9. The zero-order valence-electron chi connectivity index (χ0n) is 14.6. The number of nitrogens with zero attached hydrogens (tertiary/aromatic N) is 1. The summed E-state index contributed by atoms with van der Waals surface area (Å²) in [5.74, 6) is -0.00246. The SMILES string of the molecule is Cc1cccc(C(=O)NCc2ccc(CN3CCCC3)cc2)c1C. The normalized spacial score (nSPS) is 14.8. The minimum atomic E-state index is -0.00246. The fraction of sp³-hybridized carbons (Fsp3) is 0.381. The van der Waals surface area contributed by atoms with E-state index in [0.717, 1.165) is 28.8 Å². The van der Waals surface area contributed by atoms with Crippen LogP contribution in [0.15, 0.2) is 42.5 Å². The number of rotatable bonds is 5. The number of carbonyl (C=O) groups excluding carboxylic acids is 1. The van der Waals surface area contributed by atoms with Gasteiger partial charge in [-0.25, -0.2) is 0 Å². The van der Waals surface area contributed by atoms with Crippen molar-refractivity contribution in [1.82, 2.24) is 10.2 Å². The van der Waals surface area contributed by atoms with Crippen molar-refractivity contribution in [3.8, 4) is 0 Å². The Hall–Kier alpha value is -2.13. The summed E-state index contributed by atoms with van der Waals surface area (Å²) in [7, 11) is 0. The molecule has 1 saturated heterocycles. The second-order valence-corrected chi connectivity index (χ2v) is 6.73. The lowest BCUT2D eigenvalue weighted by atomic mass is 10.0. The number of hydrogen-bond donors (Lipinski definition) is 1. The van der Waals surface area contributed by atoms with Crippen LogP contribution in [0.25, 0.3) is 0 Å². The molecule has 0 unspecified atom stereocenters. The van der Waals surface area contributed by atoms with Gasteiger partial charge in [-0.3, -0.25) is 9.69 Å². The third-order valence-corrected chi connectivity index (χ3v) is 4.93. The number of amides is 1. The summed E-state index contributed by atoms with van der Waals surface area (Å²) in [6.45, 7) is 8.06. The third kappa shape index (κ3) is 4.04. The van der Waals surface area contributed by atoms with Crippen LogP contribution in [0.1, 0.15) is 45.5 Å². The molecule has 0 saturated carbocycles. The van der Waals surface area contributed by atoms with Gasteiger partial charge in [0.1, 0.15) is 0 Å². The molecule has 24 heavy (non-hydrogen) atoms. The van der Waals surface area contributed by atoms with E-state index in [1.807, 2.05) is 32.0 Å². The smallest absolute Gasteiger partial charge is 0.251 e. The fourth-order valence-corrected chi connectivity index (χ4v) is 3.24. The van der Waals surface area contributed by atoms with E-state index in [1.54, 1.807) is 0 Å². The molecule has 0 aliphatic carbocycles. The van der Waals surface area contributed by atoms with Crippen molar-refractivity contribution in [1.29, 1.82) is 0 Å². The molecule has 2 aromatic rings. The van der Waals surface area contributed by atoms with Crippen molar-refractivity contribution in [2.24, 2.45) is 0 Å². The Morgan fingerprint density at radius 3 is 2.38 bits per heavy atom. The molecule has 1 aliphatic heterocycles. The molecular weight excluding hydrogens is 296 g/mol. The lowest BCUT2D eigenvalue weighted by molar-refractivity contribution is 0.0950. The van der Waals surface area contributed by atoms with E-state index in [0.29, 0.717) is 6.54 Å². The Morgan fingerprint density at radius 2 is 1.67 bits per heavy atom. The van der Waals surface area contributed by atoms with E-state index in [4.69, 9.17) is 0 Å². The van der Waals surface area contributed by atoms with Crippen LogP contribution >= 0.6 is 0 Å². The minimum absolute atomic E-state index is 0.00246. The monoisotopic (exact) mass is 322 g/mol. The molecule has 1 fully saturated rings. The van der Waals surface area contributed by atoms with Crippen LogP contribution in [-0.4, -0.2) is 23.9 Å². The highest BCUT2D eigenvalue weighted by molar-refractivity contribution is 5.95. The van der Waals surface area contributed by atoms with Crippen LogP contribution in [0.3, 0.4) is 0 Å². The van der Waals surface area contributed by atoms with Crippen LogP contribution in [0.5, 0.6) is 0 Å². The van der Waals surface area contributed by atoms with Gasteiger partial charge in [0.05, 0.1) is 0 Å². The Morgan fingerprint density at radius 1 is 1.00 bits per heavy atom. The zero-order valence-corrected chi connectivity index (χ0v) is 14.6. The highest BCUT2D eigenvalue weighted by Gasteiger charge is 2.12. The van der Waals surface area contributed by atoms with Crippen molar-refractivity contribution >= 4 is 5.91 Å². The topological polar surface area (TPSA) is 32.3 Å². The first-order valence-electron chi connectivity index (χ1n) is 8.78. The summed E-state index contributed by atoms with van der Waals surface area (Å²) >= 11 is 0. The number of likely N-dealkylation sites (tertiary alicyclic amines) is 1. The predicted octanol–water partition coefficient (Wildman–Crippen LogP) is 3.83. The van der Waals surface area contributed by atoms with Gasteiger partial charge >= 0.3 is 0 Å². The lowest BCUT2D eigenvalue weighted by Gasteiger charge is -2.15. The zero-order chi connectivity index (χ0) is 16.9. The number of benzene rings is 2. The molecule has 1 N–H and O–H groups in total. The molecule has 0 aromatic heterocycles. The van der Waals surface area contributed by atoms with Crippen molar-refractivity contribution in [2.45, 2.75) is 39.8 Å². The lowest BCUT2D eigenvalue weighted by Crippen LogP contribution is -2.24. The summed E-state index contributed by atoms with van der Waals surface area (Å²) in [6, 6.07) is 14.4.